The summed E-state index contributed by atoms with van der Waals surface area (Å²) in [5.74, 6) is 2.12. The zero-order chi connectivity index (χ0) is 18.8. The number of hydrogen-bond acceptors (Lipinski definition) is 5. The van der Waals surface area contributed by atoms with Crippen LogP contribution in [0.4, 0.5) is 0 Å². The van der Waals surface area contributed by atoms with Gasteiger partial charge in [0.05, 0.1) is 19.9 Å². The summed E-state index contributed by atoms with van der Waals surface area (Å²) in [5.41, 5.74) is 0. The molecule has 1 amide bonds. The molecule has 0 spiro atoms. The molecule has 3 aliphatic rings. The van der Waals surface area contributed by atoms with Gasteiger partial charge in [0.2, 0.25) is 5.91 Å². The smallest absolute Gasteiger partial charge is 0.225 e. The molecule has 3 heterocycles. The zero-order valence-electron chi connectivity index (χ0n) is 15.9. The summed E-state index contributed by atoms with van der Waals surface area (Å²) < 4.78 is 10.2. The van der Waals surface area contributed by atoms with Crippen molar-refractivity contribution < 1.29 is 9.53 Å². The molecule has 7 nitrogen and oxygen atoms in total. The fourth-order valence-corrected chi connectivity index (χ4v) is 4.31. The molecule has 0 atom stereocenters. The van der Waals surface area contributed by atoms with Crippen molar-refractivity contribution >= 4 is 18.1 Å². The van der Waals surface area contributed by atoms with Crippen molar-refractivity contribution in [3.8, 4) is 0 Å². The number of amides is 1. The van der Waals surface area contributed by atoms with Gasteiger partial charge in [-0.25, -0.2) is 4.68 Å². The van der Waals surface area contributed by atoms with Gasteiger partial charge in [0.15, 0.2) is 4.77 Å². The van der Waals surface area contributed by atoms with Crippen LogP contribution in [0.1, 0.15) is 37.4 Å². The average Bonchev–Trinajstić information content (AvgIpc) is 3.51. The number of rotatable bonds is 6. The molecule has 1 aromatic rings. The molecule has 1 aliphatic carbocycles. The van der Waals surface area contributed by atoms with Crippen LogP contribution in [0, 0.1) is 10.7 Å². The molecule has 0 bridgehead atoms. The number of carbonyl (C=O) groups is 1. The third-order valence-electron chi connectivity index (χ3n) is 5.80. The summed E-state index contributed by atoms with van der Waals surface area (Å²) in [7, 11) is 0. The average molecular weight is 392 g/mol. The molecule has 8 heteroatoms. The Balaban J connectivity index is 1.35. The number of nitrogens with zero attached hydrogens (tertiary/aromatic N) is 5. The number of morpholine rings is 1. The quantitative estimate of drug-likeness (QED) is 0.548. The van der Waals surface area contributed by atoms with Crippen LogP contribution in [0.2, 0.25) is 0 Å². The first-order valence-corrected chi connectivity index (χ1v) is 10.5. The van der Waals surface area contributed by atoms with Gasteiger partial charge >= 0.3 is 0 Å². The Bertz CT molecular complexity index is 740. The van der Waals surface area contributed by atoms with E-state index in [-0.39, 0.29) is 5.92 Å². The molecule has 2 saturated heterocycles. The summed E-state index contributed by atoms with van der Waals surface area (Å²) in [5, 5.41) is 4.81. The van der Waals surface area contributed by atoms with Crippen molar-refractivity contribution in [3.05, 3.63) is 23.3 Å². The lowest BCUT2D eigenvalue weighted by atomic mass is 9.95. The monoisotopic (exact) mass is 391 g/mol. The Morgan fingerprint density at radius 2 is 1.89 bits per heavy atom. The van der Waals surface area contributed by atoms with Crippen molar-refractivity contribution in [1.82, 2.24) is 24.1 Å². The number of ether oxygens (including phenoxy) is 1. The summed E-state index contributed by atoms with van der Waals surface area (Å²) >= 11 is 5.66. The normalized spacial score (nSPS) is 22.1. The summed E-state index contributed by atoms with van der Waals surface area (Å²) in [6, 6.07) is 0. The van der Waals surface area contributed by atoms with Crippen LogP contribution in [-0.2, 0) is 22.7 Å². The van der Waals surface area contributed by atoms with E-state index in [4.69, 9.17) is 22.1 Å². The number of allylic oxidation sites excluding steroid dienone is 1. The number of aromatic nitrogens is 3. The number of carbonyl (C=O) groups excluding carboxylic acids is 1. The predicted molar refractivity (Wildman–Crippen MR) is 105 cm³/mol. The van der Waals surface area contributed by atoms with Crippen molar-refractivity contribution in [1.29, 1.82) is 0 Å². The molecule has 2 aliphatic heterocycles. The molecule has 4 rings (SSSR count). The maximum absolute atomic E-state index is 12.7. The van der Waals surface area contributed by atoms with Gasteiger partial charge in [0.25, 0.3) is 0 Å². The highest BCUT2D eigenvalue weighted by atomic mass is 32.1. The van der Waals surface area contributed by atoms with Crippen molar-refractivity contribution in [2.24, 2.45) is 5.92 Å². The zero-order valence-corrected chi connectivity index (χ0v) is 16.7. The first kappa shape index (κ1) is 18.8. The summed E-state index contributed by atoms with van der Waals surface area (Å²) in [4.78, 5) is 17.0. The first-order chi connectivity index (χ1) is 13.2. The predicted octanol–water partition coefficient (Wildman–Crippen LogP) is 2.01. The molecule has 0 unspecified atom stereocenters. The molecule has 1 aromatic heterocycles. The molecule has 1 saturated carbocycles. The minimum atomic E-state index is 0.146. The molecule has 0 aromatic carbocycles. The van der Waals surface area contributed by atoms with E-state index in [0.717, 1.165) is 56.2 Å². The molecule has 0 radical (unpaired) electrons. The lowest BCUT2D eigenvalue weighted by Crippen LogP contribution is -2.47. The number of piperidine rings is 1. The van der Waals surface area contributed by atoms with E-state index in [1.165, 1.54) is 12.8 Å². The van der Waals surface area contributed by atoms with Crippen LogP contribution < -0.4 is 0 Å². The topological polar surface area (TPSA) is 55.5 Å². The second-order valence-corrected chi connectivity index (χ2v) is 8.15. The maximum Gasteiger partial charge on any atom is 0.225 e. The van der Waals surface area contributed by atoms with Gasteiger partial charge in [-0.15, -0.1) is 6.58 Å². The standard InChI is InChI=1S/C19H29N5O2S/c1-2-7-23-17(15-3-4-15)20-24(19(23)27)14-21-8-5-16(6-9-21)18(25)22-10-12-26-13-11-22/h2,15-16H,1,3-14H2. The van der Waals surface area contributed by atoms with Gasteiger partial charge < -0.3 is 9.64 Å². The molecule has 148 valence electrons. The lowest BCUT2D eigenvalue weighted by molar-refractivity contribution is -0.141. The molecular formula is C19H29N5O2S. The Morgan fingerprint density at radius 1 is 1.19 bits per heavy atom. The third kappa shape index (κ3) is 4.17. The van der Waals surface area contributed by atoms with Crippen molar-refractivity contribution in [2.45, 2.75) is 44.8 Å². The minimum Gasteiger partial charge on any atom is -0.378 e. The Labute approximate surface area is 165 Å². The van der Waals surface area contributed by atoms with Crippen LogP contribution in [0.5, 0.6) is 0 Å². The minimum absolute atomic E-state index is 0.146. The van der Waals surface area contributed by atoms with Crippen molar-refractivity contribution in [2.75, 3.05) is 39.4 Å². The summed E-state index contributed by atoms with van der Waals surface area (Å²) in [6.45, 7) is 9.91. The maximum atomic E-state index is 12.7. The Morgan fingerprint density at radius 3 is 2.52 bits per heavy atom. The van der Waals surface area contributed by atoms with Crippen LogP contribution in [0.15, 0.2) is 12.7 Å². The van der Waals surface area contributed by atoms with Crippen molar-refractivity contribution in [3.63, 3.8) is 0 Å². The van der Waals surface area contributed by atoms with Gasteiger partial charge in [-0.2, -0.15) is 5.10 Å². The molecular weight excluding hydrogens is 362 g/mol. The molecule has 0 N–H and O–H groups in total. The highest BCUT2D eigenvalue weighted by Crippen LogP contribution is 2.39. The highest BCUT2D eigenvalue weighted by Gasteiger charge is 2.32. The van der Waals surface area contributed by atoms with Gasteiger partial charge in [0.1, 0.15) is 5.82 Å². The fourth-order valence-electron chi connectivity index (χ4n) is 4.05. The molecule has 27 heavy (non-hydrogen) atoms. The van der Waals surface area contributed by atoms with Crippen LogP contribution in [0.25, 0.3) is 0 Å². The van der Waals surface area contributed by atoms with E-state index in [9.17, 15) is 4.79 Å². The third-order valence-corrected chi connectivity index (χ3v) is 6.23. The highest BCUT2D eigenvalue weighted by molar-refractivity contribution is 7.71. The van der Waals surface area contributed by atoms with Gasteiger partial charge in [-0.05, 0) is 37.9 Å². The fraction of sp³-hybridized carbons (Fsp3) is 0.737. The van der Waals surface area contributed by atoms with E-state index < -0.39 is 0 Å². The Kier molecular flexibility index (Phi) is 5.75. The Hall–Kier alpha value is -1.51. The van der Waals surface area contributed by atoms with E-state index in [1.807, 2.05) is 15.7 Å². The second-order valence-electron chi connectivity index (χ2n) is 7.79. The molecule has 3 fully saturated rings. The van der Waals surface area contributed by atoms with Crippen LogP contribution in [-0.4, -0.2) is 69.4 Å². The summed E-state index contributed by atoms with van der Waals surface area (Å²) in [6.07, 6.45) is 6.12. The van der Waals surface area contributed by atoms with E-state index >= 15 is 0 Å². The van der Waals surface area contributed by atoms with Crippen LogP contribution >= 0.6 is 12.2 Å². The van der Waals surface area contributed by atoms with E-state index in [1.54, 1.807) is 0 Å². The number of hydrogen-bond donors (Lipinski definition) is 0. The van der Waals surface area contributed by atoms with Gasteiger partial charge in [0, 0.05) is 44.6 Å². The second kappa shape index (κ2) is 8.24. The number of likely N-dealkylation sites (tertiary alicyclic amines) is 1. The van der Waals surface area contributed by atoms with E-state index in [2.05, 4.69) is 16.0 Å². The van der Waals surface area contributed by atoms with Gasteiger partial charge in [-0.3, -0.25) is 14.3 Å². The van der Waals surface area contributed by atoms with Gasteiger partial charge in [-0.1, -0.05) is 6.08 Å². The SMILES string of the molecule is C=CCn1c(C2CC2)nn(CN2CCC(C(=O)N3CCOCC3)CC2)c1=S. The van der Waals surface area contributed by atoms with Crippen LogP contribution in [0.3, 0.4) is 0 Å². The first-order valence-electron chi connectivity index (χ1n) is 10.0. The van der Waals surface area contributed by atoms with E-state index in [0.29, 0.717) is 31.7 Å². The largest absolute Gasteiger partial charge is 0.378 e. The lowest BCUT2D eigenvalue weighted by Gasteiger charge is -2.35.